The second kappa shape index (κ2) is 13.2. The van der Waals surface area contributed by atoms with Crippen molar-refractivity contribution in [1.82, 2.24) is 0 Å². The molecule has 0 heterocycles. The molecule has 2 atom stereocenters. The Kier molecular flexibility index (Phi) is 15.8. The van der Waals surface area contributed by atoms with Gasteiger partial charge in [-0.15, -0.1) is 0 Å². The maximum atomic E-state index is 10.7. The third kappa shape index (κ3) is 14.2. The van der Waals surface area contributed by atoms with Crippen molar-refractivity contribution >= 4 is 10.1 Å². The van der Waals surface area contributed by atoms with Gasteiger partial charge in [0.15, 0.2) is 0 Å². The smallest absolute Gasteiger partial charge is 0.748 e. The Bertz CT molecular complexity index is 293. The molecule has 0 saturated carbocycles. The van der Waals surface area contributed by atoms with Gasteiger partial charge in [-0.1, -0.05) is 45.4 Å². The summed E-state index contributed by atoms with van der Waals surface area (Å²) in [4.78, 5) is 0. The van der Waals surface area contributed by atoms with Crippen LogP contribution in [0.3, 0.4) is 0 Å². The summed E-state index contributed by atoms with van der Waals surface area (Å²) in [5.41, 5.74) is 0. The zero-order valence-electron chi connectivity index (χ0n) is 12.6. The Morgan fingerprint density at radius 2 is 1.47 bits per heavy atom. The van der Waals surface area contributed by atoms with Gasteiger partial charge < -0.3 is 9.66 Å². The minimum absolute atomic E-state index is 0. The Labute approximate surface area is 160 Å². The first-order valence-electron chi connectivity index (χ1n) is 7.00. The molecule has 0 aromatic rings. The van der Waals surface area contributed by atoms with Crippen molar-refractivity contribution < 1.29 is 69.5 Å². The van der Waals surface area contributed by atoms with E-state index < -0.39 is 15.4 Å². The van der Waals surface area contributed by atoms with Gasteiger partial charge in [-0.3, -0.25) is 0 Å². The largest absolute Gasteiger partial charge is 1.00 e. The van der Waals surface area contributed by atoms with E-state index in [2.05, 4.69) is 6.92 Å². The standard InChI is InChI=1S/C13H28O4S.K/c1-3-9-13(14)11-8-6-4-5-7-10-12(2)18(15,16)17;/h12-14H,3-11H2,1-2H3,(H,15,16,17);/q;+1/p-1. The zero-order chi connectivity index (χ0) is 14.0. The normalized spacial score (nSPS) is 14.7. The van der Waals surface area contributed by atoms with E-state index in [0.717, 1.165) is 51.4 Å². The maximum absolute atomic E-state index is 10.7. The topological polar surface area (TPSA) is 77.4 Å². The van der Waals surface area contributed by atoms with Crippen LogP contribution >= 0.6 is 0 Å². The zero-order valence-corrected chi connectivity index (χ0v) is 16.5. The molecule has 110 valence electrons. The molecule has 0 amide bonds. The molecule has 0 aromatic carbocycles. The first-order chi connectivity index (χ1) is 8.38. The van der Waals surface area contributed by atoms with Crippen LogP contribution in [0.2, 0.25) is 0 Å². The fraction of sp³-hybridized carbons (Fsp3) is 1.00. The Hall–Kier alpha value is 1.51. The summed E-state index contributed by atoms with van der Waals surface area (Å²) in [5, 5.41) is 8.75. The van der Waals surface area contributed by atoms with E-state index in [9.17, 15) is 18.1 Å². The van der Waals surface area contributed by atoms with Crippen LogP contribution in [0.4, 0.5) is 0 Å². The van der Waals surface area contributed by atoms with E-state index in [4.69, 9.17) is 0 Å². The van der Waals surface area contributed by atoms with Crippen molar-refractivity contribution in [2.24, 2.45) is 0 Å². The number of hydrogen-bond donors (Lipinski definition) is 1. The van der Waals surface area contributed by atoms with Gasteiger partial charge >= 0.3 is 51.4 Å². The number of hydrogen-bond acceptors (Lipinski definition) is 4. The van der Waals surface area contributed by atoms with E-state index >= 15 is 0 Å². The minimum Gasteiger partial charge on any atom is -0.748 e. The molecule has 0 aliphatic rings. The average molecular weight is 319 g/mol. The first-order valence-corrected chi connectivity index (χ1v) is 8.47. The van der Waals surface area contributed by atoms with Gasteiger partial charge in [-0.25, -0.2) is 8.42 Å². The van der Waals surface area contributed by atoms with Gasteiger partial charge in [0.05, 0.1) is 16.2 Å². The summed E-state index contributed by atoms with van der Waals surface area (Å²) in [6.45, 7) is 3.54. The summed E-state index contributed by atoms with van der Waals surface area (Å²) >= 11 is 0. The second-order valence-electron chi connectivity index (χ2n) is 5.09. The molecular weight excluding hydrogens is 291 g/mol. The van der Waals surface area contributed by atoms with Crippen molar-refractivity contribution in [1.29, 1.82) is 0 Å². The molecule has 0 spiro atoms. The van der Waals surface area contributed by atoms with Gasteiger partial charge in [0, 0.05) is 5.25 Å². The summed E-state index contributed by atoms with van der Waals surface area (Å²) < 4.78 is 32.0. The van der Waals surface area contributed by atoms with Gasteiger partial charge in [-0.2, -0.15) is 0 Å². The molecule has 0 fully saturated rings. The molecule has 2 unspecified atom stereocenters. The Balaban J connectivity index is 0. The van der Waals surface area contributed by atoms with Crippen LogP contribution in [0.25, 0.3) is 0 Å². The van der Waals surface area contributed by atoms with Crippen LogP contribution in [0.1, 0.15) is 71.6 Å². The predicted octanol–water partition coefficient (Wildman–Crippen LogP) is -0.184. The van der Waals surface area contributed by atoms with E-state index in [-0.39, 0.29) is 57.5 Å². The first kappa shape index (κ1) is 22.8. The summed E-state index contributed by atoms with van der Waals surface area (Å²) in [5.74, 6) is 0. The molecule has 1 N–H and O–H groups in total. The van der Waals surface area contributed by atoms with Crippen molar-refractivity contribution in [2.45, 2.75) is 83.0 Å². The quantitative estimate of drug-likeness (QED) is 0.326. The number of unbranched alkanes of at least 4 members (excludes halogenated alkanes) is 4. The predicted molar refractivity (Wildman–Crippen MR) is 72.4 cm³/mol. The van der Waals surface area contributed by atoms with Crippen LogP contribution in [-0.4, -0.2) is 29.4 Å². The third-order valence-electron chi connectivity index (χ3n) is 3.26. The number of aliphatic hydroxyl groups is 1. The number of rotatable bonds is 11. The van der Waals surface area contributed by atoms with Crippen LogP contribution in [-0.2, 0) is 10.1 Å². The maximum Gasteiger partial charge on any atom is 1.00 e. The van der Waals surface area contributed by atoms with E-state index in [1.807, 2.05) is 0 Å². The van der Waals surface area contributed by atoms with Gasteiger partial charge in [0.25, 0.3) is 0 Å². The molecule has 19 heavy (non-hydrogen) atoms. The van der Waals surface area contributed by atoms with E-state index in [1.165, 1.54) is 6.92 Å². The van der Waals surface area contributed by atoms with Crippen molar-refractivity contribution in [2.75, 3.05) is 0 Å². The Morgan fingerprint density at radius 3 is 1.95 bits per heavy atom. The van der Waals surface area contributed by atoms with Crippen molar-refractivity contribution in [3.8, 4) is 0 Å². The molecule has 0 bridgehead atoms. The SMILES string of the molecule is CCCC(O)CCCCCCCC(C)S(=O)(=O)[O-].[K+]. The molecule has 6 heteroatoms. The molecule has 0 aromatic heterocycles. The molecular formula is C13H27KO4S. The van der Waals surface area contributed by atoms with Crippen molar-refractivity contribution in [3.63, 3.8) is 0 Å². The van der Waals surface area contributed by atoms with E-state index in [0.29, 0.717) is 6.42 Å². The fourth-order valence-corrected chi connectivity index (χ4v) is 2.42. The molecule has 4 nitrogen and oxygen atoms in total. The average Bonchev–Trinajstić information content (AvgIpc) is 2.26. The molecule has 0 aliphatic heterocycles. The summed E-state index contributed by atoms with van der Waals surface area (Å²) in [6.07, 6.45) is 7.94. The minimum atomic E-state index is -4.10. The Morgan fingerprint density at radius 1 is 1.00 bits per heavy atom. The van der Waals surface area contributed by atoms with Crippen LogP contribution in [0.15, 0.2) is 0 Å². The van der Waals surface area contributed by atoms with Crippen LogP contribution < -0.4 is 51.4 Å². The van der Waals surface area contributed by atoms with E-state index in [1.54, 1.807) is 0 Å². The fourth-order valence-electron chi connectivity index (χ4n) is 1.96. The molecule has 0 aliphatic carbocycles. The van der Waals surface area contributed by atoms with Crippen molar-refractivity contribution in [3.05, 3.63) is 0 Å². The van der Waals surface area contributed by atoms with Gasteiger partial charge in [0.2, 0.25) is 0 Å². The second-order valence-corrected chi connectivity index (χ2v) is 6.88. The van der Waals surface area contributed by atoms with Gasteiger partial charge in [0.1, 0.15) is 0 Å². The molecule has 0 rings (SSSR count). The monoisotopic (exact) mass is 318 g/mol. The van der Waals surface area contributed by atoms with Crippen LogP contribution in [0.5, 0.6) is 0 Å². The summed E-state index contributed by atoms with van der Waals surface area (Å²) in [6, 6.07) is 0. The molecule has 0 radical (unpaired) electrons. The summed E-state index contributed by atoms with van der Waals surface area (Å²) in [7, 11) is -4.10. The third-order valence-corrected chi connectivity index (χ3v) is 4.48. The molecule has 0 saturated heterocycles. The van der Waals surface area contributed by atoms with Crippen LogP contribution in [0, 0.1) is 0 Å². The van der Waals surface area contributed by atoms with Gasteiger partial charge in [-0.05, 0) is 26.2 Å². The number of aliphatic hydroxyl groups excluding tert-OH is 1.